The second kappa shape index (κ2) is 8.27. The van der Waals surface area contributed by atoms with Gasteiger partial charge in [-0.3, -0.25) is 14.5 Å². The number of nitrogens with one attached hydrogen (secondary N) is 1. The van der Waals surface area contributed by atoms with Gasteiger partial charge in [0.25, 0.3) is 5.91 Å². The standard InChI is InChI=1S/C18H24N4O5S/c1-28(26,27)21-11-9-20(10-12-21)16(23)13-15-17(24)22(18(25)19-15)8-7-14-5-3-2-4-6-14/h2-6,15H,7-13H2,1H3,(H,19,25)/t15-/m1/s1. The maximum atomic E-state index is 12.5. The largest absolute Gasteiger partial charge is 0.340 e. The van der Waals surface area contributed by atoms with Gasteiger partial charge in [0.1, 0.15) is 6.04 Å². The van der Waals surface area contributed by atoms with Gasteiger partial charge in [0.2, 0.25) is 15.9 Å². The molecule has 1 N–H and O–H groups in total. The summed E-state index contributed by atoms with van der Waals surface area (Å²) in [5.74, 6) is -0.666. The first-order valence-corrected chi connectivity index (χ1v) is 11.0. The number of carbonyl (C=O) groups excluding carboxylic acids is 3. The Bertz CT molecular complexity index is 850. The molecule has 0 aliphatic carbocycles. The van der Waals surface area contributed by atoms with Crippen molar-refractivity contribution in [1.82, 2.24) is 19.4 Å². The third-order valence-electron chi connectivity index (χ3n) is 5.01. The van der Waals surface area contributed by atoms with Crippen molar-refractivity contribution in [2.24, 2.45) is 0 Å². The Kier molecular flexibility index (Phi) is 5.99. The van der Waals surface area contributed by atoms with E-state index in [1.54, 1.807) is 0 Å². The number of rotatable bonds is 6. The normalized spacial score (nSPS) is 21.1. The quantitative estimate of drug-likeness (QED) is 0.647. The van der Waals surface area contributed by atoms with Crippen molar-refractivity contribution in [3.05, 3.63) is 35.9 Å². The van der Waals surface area contributed by atoms with Crippen LogP contribution in [0.15, 0.2) is 30.3 Å². The van der Waals surface area contributed by atoms with Crippen molar-refractivity contribution in [1.29, 1.82) is 0 Å². The van der Waals surface area contributed by atoms with Gasteiger partial charge >= 0.3 is 6.03 Å². The van der Waals surface area contributed by atoms with Gasteiger partial charge < -0.3 is 10.2 Å². The lowest BCUT2D eigenvalue weighted by molar-refractivity contribution is -0.136. The van der Waals surface area contributed by atoms with Crippen molar-refractivity contribution >= 4 is 27.9 Å². The van der Waals surface area contributed by atoms with E-state index in [0.717, 1.165) is 16.7 Å². The number of piperazine rings is 1. The molecule has 2 heterocycles. The molecule has 2 fully saturated rings. The first kappa shape index (κ1) is 20.3. The van der Waals surface area contributed by atoms with E-state index in [1.807, 2.05) is 30.3 Å². The van der Waals surface area contributed by atoms with Crippen LogP contribution in [0.4, 0.5) is 4.79 Å². The van der Waals surface area contributed by atoms with Crippen LogP contribution in [0.5, 0.6) is 0 Å². The van der Waals surface area contributed by atoms with E-state index in [0.29, 0.717) is 6.42 Å². The number of sulfonamides is 1. The summed E-state index contributed by atoms with van der Waals surface area (Å²) < 4.78 is 24.4. The fourth-order valence-electron chi connectivity index (χ4n) is 3.39. The number of carbonyl (C=O) groups is 3. The molecule has 1 aromatic carbocycles. The van der Waals surface area contributed by atoms with Crippen LogP contribution < -0.4 is 5.32 Å². The van der Waals surface area contributed by atoms with Crippen molar-refractivity contribution in [3.63, 3.8) is 0 Å². The zero-order valence-corrected chi connectivity index (χ0v) is 16.5. The molecule has 28 heavy (non-hydrogen) atoms. The molecule has 2 aliphatic rings. The van der Waals surface area contributed by atoms with E-state index in [-0.39, 0.29) is 45.1 Å². The molecular weight excluding hydrogens is 384 g/mol. The number of nitrogens with zero attached hydrogens (tertiary/aromatic N) is 3. The molecule has 10 heteroatoms. The molecule has 2 aliphatic heterocycles. The van der Waals surface area contributed by atoms with Crippen LogP contribution in [0.3, 0.4) is 0 Å². The van der Waals surface area contributed by atoms with E-state index >= 15 is 0 Å². The molecule has 4 amide bonds. The minimum absolute atomic E-state index is 0.120. The monoisotopic (exact) mass is 408 g/mol. The van der Waals surface area contributed by atoms with Crippen LogP contribution in [0.2, 0.25) is 0 Å². The van der Waals surface area contributed by atoms with Crippen LogP contribution in [0, 0.1) is 0 Å². The van der Waals surface area contributed by atoms with Gasteiger partial charge in [-0.15, -0.1) is 0 Å². The smallest absolute Gasteiger partial charge is 0.324 e. The minimum Gasteiger partial charge on any atom is -0.340 e. The lowest BCUT2D eigenvalue weighted by atomic mass is 10.1. The number of imide groups is 1. The Morgan fingerprint density at radius 1 is 1.11 bits per heavy atom. The molecule has 0 saturated carbocycles. The maximum Gasteiger partial charge on any atom is 0.324 e. The molecule has 1 atom stereocenters. The highest BCUT2D eigenvalue weighted by Gasteiger charge is 2.39. The highest BCUT2D eigenvalue weighted by atomic mass is 32.2. The molecule has 2 saturated heterocycles. The fourth-order valence-corrected chi connectivity index (χ4v) is 4.21. The Morgan fingerprint density at radius 2 is 1.75 bits per heavy atom. The lowest BCUT2D eigenvalue weighted by Gasteiger charge is -2.33. The average Bonchev–Trinajstić information content (AvgIpc) is 2.93. The molecule has 0 radical (unpaired) electrons. The van der Waals surface area contributed by atoms with Crippen LogP contribution >= 0.6 is 0 Å². The zero-order chi connectivity index (χ0) is 20.3. The van der Waals surface area contributed by atoms with E-state index in [2.05, 4.69) is 5.32 Å². The summed E-state index contributed by atoms with van der Waals surface area (Å²) in [4.78, 5) is 39.8. The number of urea groups is 1. The number of benzene rings is 1. The average molecular weight is 408 g/mol. The van der Waals surface area contributed by atoms with Crippen LogP contribution in [0.25, 0.3) is 0 Å². The first-order valence-electron chi connectivity index (χ1n) is 9.14. The summed E-state index contributed by atoms with van der Waals surface area (Å²) in [6.07, 6.45) is 1.57. The van der Waals surface area contributed by atoms with Crippen molar-refractivity contribution < 1.29 is 22.8 Å². The molecule has 1 aromatic rings. The fraction of sp³-hybridized carbons (Fsp3) is 0.500. The molecular formula is C18H24N4O5S. The predicted octanol–water partition coefficient (Wildman–Crippen LogP) is -0.357. The molecule has 0 bridgehead atoms. The van der Waals surface area contributed by atoms with E-state index in [1.165, 1.54) is 9.21 Å². The molecule has 0 spiro atoms. The molecule has 152 valence electrons. The van der Waals surface area contributed by atoms with Crippen LogP contribution in [-0.4, -0.2) is 85.4 Å². The lowest BCUT2D eigenvalue weighted by Crippen LogP contribution is -2.51. The number of hydrogen-bond acceptors (Lipinski definition) is 5. The Morgan fingerprint density at radius 3 is 2.36 bits per heavy atom. The SMILES string of the molecule is CS(=O)(=O)N1CCN(C(=O)C[C@H]2NC(=O)N(CCc3ccccc3)C2=O)CC1. The summed E-state index contributed by atoms with van der Waals surface area (Å²) in [5.41, 5.74) is 1.02. The summed E-state index contributed by atoms with van der Waals surface area (Å²) in [6, 6.07) is 8.18. The Balaban J connectivity index is 1.51. The second-order valence-electron chi connectivity index (χ2n) is 6.97. The van der Waals surface area contributed by atoms with Gasteiger partial charge in [0.15, 0.2) is 0 Å². The van der Waals surface area contributed by atoms with Gasteiger partial charge in [-0.25, -0.2) is 13.2 Å². The van der Waals surface area contributed by atoms with E-state index in [4.69, 9.17) is 0 Å². The van der Waals surface area contributed by atoms with Crippen molar-refractivity contribution in [2.45, 2.75) is 18.9 Å². The predicted molar refractivity (Wildman–Crippen MR) is 102 cm³/mol. The number of amides is 4. The second-order valence-corrected chi connectivity index (χ2v) is 8.96. The minimum atomic E-state index is -3.27. The third kappa shape index (κ3) is 4.68. The highest BCUT2D eigenvalue weighted by molar-refractivity contribution is 7.88. The van der Waals surface area contributed by atoms with Crippen molar-refractivity contribution in [2.75, 3.05) is 39.0 Å². The first-order chi connectivity index (χ1) is 13.3. The third-order valence-corrected chi connectivity index (χ3v) is 6.32. The Labute approximate surface area is 164 Å². The van der Waals surface area contributed by atoms with Gasteiger partial charge in [-0.1, -0.05) is 30.3 Å². The zero-order valence-electron chi connectivity index (χ0n) is 15.7. The summed E-state index contributed by atoms with van der Waals surface area (Å²) >= 11 is 0. The van der Waals surface area contributed by atoms with E-state index in [9.17, 15) is 22.8 Å². The molecule has 3 rings (SSSR count). The van der Waals surface area contributed by atoms with E-state index < -0.39 is 28.0 Å². The highest BCUT2D eigenvalue weighted by Crippen LogP contribution is 2.14. The molecule has 0 aromatic heterocycles. The van der Waals surface area contributed by atoms with Gasteiger partial charge in [0.05, 0.1) is 12.7 Å². The van der Waals surface area contributed by atoms with Crippen LogP contribution in [-0.2, 0) is 26.0 Å². The molecule has 9 nitrogen and oxygen atoms in total. The van der Waals surface area contributed by atoms with Crippen molar-refractivity contribution in [3.8, 4) is 0 Å². The summed E-state index contributed by atoms with van der Waals surface area (Å²) in [6.45, 7) is 1.28. The topological polar surface area (TPSA) is 107 Å². The Hall–Kier alpha value is -2.46. The number of hydrogen-bond donors (Lipinski definition) is 1. The maximum absolute atomic E-state index is 12.5. The van der Waals surface area contributed by atoms with Gasteiger partial charge in [0, 0.05) is 32.7 Å². The summed E-state index contributed by atoms with van der Waals surface area (Å²) in [7, 11) is -3.27. The van der Waals surface area contributed by atoms with Gasteiger partial charge in [-0.05, 0) is 12.0 Å². The molecule has 0 unspecified atom stereocenters. The van der Waals surface area contributed by atoms with Crippen LogP contribution in [0.1, 0.15) is 12.0 Å². The van der Waals surface area contributed by atoms with Gasteiger partial charge in [-0.2, -0.15) is 4.31 Å². The summed E-state index contributed by atoms with van der Waals surface area (Å²) in [5, 5.41) is 2.58.